The molecule has 2 aromatic carbocycles. The van der Waals surface area contributed by atoms with Crippen molar-refractivity contribution >= 4 is 33.9 Å². The Morgan fingerprint density at radius 2 is 1.76 bits per heavy atom. The summed E-state index contributed by atoms with van der Waals surface area (Å²) >= 11 is 1.26. The van der Waals surface area contributed by atoms with Gasteiger partial charge in [0.05, 0.1) is 11.6 Å². The van der Waals surface area contributed by atoms with Gasteiger partial charge >= 0.3 is 5.91 Å². The zero-order valence-corrected chi connectivity index (χ0v) is 19.9. The van der Waals surface area contributed by atoms with Crippen LogP contribution >= 0.6 is 11.3 Å². The average Bonchev–Trinajstić information content (AvgIpc) is 3.44. The molecule has 34 heavy (non-hydrogen) atoms. The SMILES string of the molecule is CC(C)(C)c1ccc([C@H]2C(=C(O)c3ccc4c(c3)OCCO4)C(=O)C(=O)N2c2nccs2)cc1. The average molecular weight is 477 g/mol. The highest BCUT2D eigenvalue weighted by atomic mass is 32.1. The molecule has 7 nitrogen and oxygen atoms in total. The number of nitrogens with zero attached hydrogens (tertiary/aromatic N) is 2. The molecule has 2 aliphatic heterocycles. The Kier molecular flexibility index (Phi) is 5.40. The molecule has 3 heterocycles. The minimum atomic E-state index is -0.812. The summed E-state index contributed by atoms with van der Waals surface area (Å²) in [5, 5.41) is 13.4. The second kappa shape index (κ2) is 8.29. The minimum absolute atomic E-state index is 0.0142. The van der Waals surface area contributed by atoms with Crippen molar-refractivity contribution in [3.8, 4) is 11.5 Å². The molecular formula is C26H24N2O5S. The molecule has 1 amide bonds. The lowest BCUT2D eigenvalue weighted by molar-refractivity contribution is -0.132. The lowest BCUT2D eigenvalue weighted by Crippen LogP contribution is -2.29. The number of carbonyl (C=O) groups excluding carboxylic acids is 2. The summed E-state index contributed by atoms with van der Waals surface area (Å²) in [6, 6.07) is 11.9. The molecule has 2 aliphatic rings. The van der Waals surface area contributed by atoms with Crippen LogP contribution < -0.4 is 14.4 Å². The first-order chi connectivity index (χ1) is 16.3. The van der Waals surface area contributed by atoms with Gasteiger partial charge in [0.15, 0.2) is 16.6 Å². The van der Waals surface area contributed by atoms with E-state index in [9.17, 15) is 14.7 Å². The van der Waals surface area contributed by atoms with Crippen LogP contribution in [0.4, 0.5) is 5.13 Å². The van der Waals surface area contributed by atoms with Gasteiger partial charge in [-0.05, 0) is 34.7 Å². The van der Waals surface area contributed by atoms with Gasteiger partial charge in [-0.15, -0.1) is 11.3 Å². The van der Waals surface area contributed by atoms with Crippen LogP contribution in [-0.4, -0.2) is 35.0 Å². The summed E-state index contributed by atoms with van der Waals surface area (Å²) in [6.07, 6.45) is 1.58. The molecule has 5 rings (SSSR count). The van der Waals surface area contributed by atoms with E-state index in [2.05, 4.69) is 25.8 Å². The van der Waals surface area contributed by atoms with Crippen molar-refractivity contribution in [2.75, 3.05) is 18.1 Å². The maximum Gasteiger partial charge on any atom is 0.301 e. The third-order valence-corrected chi connectivity index (χ3v) is 6.75. The molecule has 1 atom stereocenters. The zero-order chi connectivity index (χ0) is 24.0. The first kappa shape index (κ1) is 22.2. The molecule has 1 fully saturated rings. The van der Waals surface area contributed by atoms with E-state index >= 15 is 0 Å². The number of fused-ring (bicyclic) bond motifs is 1. The number of carbonyl (C=O) groups is 2. The summed E-state index contributed by atoms with van der Waals surface area (Å²) in [6.45, 7) is 7.19. The molecule has 3 aromatic rings. The van der Waals surface area contributed by atoms with E-state index in [1.54, 1.807) is 29.8 Å². The largest absolute Gasteiger partial charge is 0.507 e. The minimum Gasteiger partial charge on any atom is -0.507 e. The second-order valence-electron chi connectivity index (χ2n) is 9.21. The number of rotatable bonds is 3. The molecule has 8 heteroatoms. The maximum absolute atomic E-state index is 13.2. The van der Waals surface area contributed by atoms with Crippen LogP contribution in [0.5, 0.6) is 11.5 Å². The normalized spacial score (nSPS) is 19.5. The van der Waals surface area contributed by atoms with Crippen LogP contribution in [0.15, 0.2) is 59.6 Å². The number of aromatic nitrogens is 1. The van der Waals surface area contributed by atoms with E-state index in [4.69, 9.17) is 9.47 Å². The van der Waals surface area contributed by atoms with Crippen LogP contribution in [0.2, 0.25) is 0 Å². The van der Waals surface area contributed by atoms with E-state index in [1.165, 1.54) is 16.2 Å². The van der Waals surface area contributed by atoms with E-state index in [1.807, 2.05) is 24.3 Å². The number of benzene rings is 2. The van der Waals surface area contributed by atoms with E-state index in [-0.39, 0.29) is 16.7 Å². The van der Waals surface area contributed by atoms with Gasteiger partial charge in [0.25, 0.3) is 5.78 Å². The molecule has 0 aliphatic carbocycles. The standard InChI is InChI=1S/C26H24N2O5S/c1-26(2,3)17-7-4-15(5-8-17)21-20(23(30)24(31)28(21)25-27-10-13-34-25)22(29)16-6-9-18-19(14-16)33-12-11-32-18/h4-10,13-14,21,29H,11-12H2,1-3H3/t21-/m0/s1. The van der Waals surface area contributed by atoms with E-state index in [0.717, 1.165) is 5.56 Å². The summed E-state index contributed by atoms with van der Waals surface area (Å²) < 4.78 is 11.2. The zero-order valence-electron chi connectivity index (χ0n) is 19.1. The predicted octanol–water partition coefficient (Wildman–Crippen LogP) is 4.84. The molecule has 0 unspecified atom stereocenters. The highest BCUT2D eigenvalue weighted by Crippen LogP contribution is 2.44. The van der Waals surface area contributed by atoms with Gasteiger partial charge in [0, 0.05) is 17.1 Å². The van der Waals surface area contributed by atoms with Crippen molar-refractivity contribution in [3.05, 3.63) is 76.3 Å². The number of hydrogen-bond donors (Lipinski definition) is 1. The summed E-state index contributed by atoms with van der Waals surface area (Å²) in [5.41, 5.74) is 2.16. The number of ketones is 1. The number of ether oxygens (including phenoxy) is 2. The number of Topliss-reactive ketones (excluding diaryl/α,β-unsaturated/α-hetero) is 1. The van der Waals surface area contributed by atoms with Gasteiger partial charge < -0.3 is 14.6 Å². The molecule has 0 saturated carbocycles. The monoisotopic (exact) mass is 476 g/mol. The molecule has 0 radical (unpaired) electrons. The van der Waals surface area contributed by atoms with Crippen LogP contribution in [0.25, 0.3) is 5.76 Å². The number of amides is 1. The van der Waals surface area contributed by atoms with Crippen LogP contribution in [0.3, 0.4) is 0 Å². The highest BCUT2D eigenvalue weighted by Gasteiger charge is 2.48. The van der Waals surface area contributed by atoms with E-state index in [0.29, 0.717) is 41.0 Å². The Bertz CT molecular complexity index is 1290. The predicted molar refractivity (Wildman–Crippen MR) is 129 cm³/mol. The van der Waals surface area contributed by atoms with Crippen molar-refractivity contribution in [1.82, 2.24) is 4.98 Å². The Labute approximate surface area is 201 Å². The first-order valence-corrected chi connectivity index (χ1v) is 11.8. The van der Waals surface area contributed by atoms with Crippen LogP contribution in [0, 0.1) is 0 Å². The Morgan fingerprint density at radius 3 is 2.41 bits per heavy atom. The summed E-state index contributed by atoms with van der Waals surface area (Å²) in [7, 11) is 0. The topological polar surface area (TPSA) is 89.0 Å². The number of hydrogen-bond acceptors (Lipinski definition) is 7. The van der Waals surface area contributed by atoms with Crippen molar-refractivity contribution in [2.24, 2.45) is 0 Å². The van der Waals surface area contributed by atoms with E-state index < -0.39 is 17.7 Å². The quantitative estimate of drug-likeness (QED) is 0.331. The van der Waals surface area contributed by atoms with Crippen molar-refractivity contribution < 1.29 is 24.2 Å². The van der Waals surface area contributed by atoms with Crippen LogP contribution in [0.1, 0.15) is 43.5 Å². The fourth-order valence-electron chi connectivity index (χ4n) is 4.19. The fourth-order valence-corrected chi connectivity index (χ4v) is 4.86. The van der Waals surface area contributed by atoms with Gasteiger partial charge in [-0.3, -0.25) is 14.5 Å². The molecule has 1 aromatic heterocycles. The molecular weight excluding hydrogens is 452 g/mol. The van der Waals surface area contributed by atoms with Gasteiger partial charge in [-0.1, -0.05) is 45.0 Å². The van der Waals surface area contributed by atoms with Gasteiger partial charge in [-0.25, -0.2) is 4.98 Å². The smallest absolute Gasteiger partial charge is 0.301 e. The van der Waals surface area contributed by atoms with Crippen molar-refractivity contribution in [1.29, 1.82) is 0 Å². The molecule has 0 spiro atoms. The van der Waals surface area contributed by atoms with Gasteiger partial charge in [-0.2, -0.15) is 0 Å². The summed E-state index contributed by atoms with van der Waals surface area (Å²) in [4.78, 5) is 32.0. The maximum atomic E-state index is 13.2. The highest BCUT2D eigenvalue weighted by molar-refractivity contribution is 7.14. The lowest BCUT2D eigenvalue weighted by Gasteiger charge is -2.25. The number of anilines is 1. The van der Waals surface area contributed by atoms with Crippen LogP contribution in [-0.2, 0) is 15.0 Å². The summed E-state index contributed by atoms with van der Waals surface area (Å²) in [5.74, 6) is -0.693. The number of thiazole rings is 1. The van der Waals surface area contributed by atoms with Crippen molar-refractivity contribution in [3.63, 3.8) is 0 Å². The molecule has 0 bridgehead atoms. The third-order valence-electron chi connectivity index (χ3n) is 5.98. The third kappa shape index (κ3) is 3.74. The van der Waals surface area contributed by atoms with Gasteiger partial charge in [0.2, 0.25) is 0 Å². The second-order valence-corrected chi connectivity index (χ2v) is 10.1. The van der Waals surface area contributed by atoms with Crippen molar-refractivity contribution in [2.45, 2.75) is 32.2 Å². The Hall–Kier alpha value is -3.65. The Morgan fingerprint density at radius 1 is 1.06 bits per heavy atom. The molecule has 1 N–H and O–H groups in total. The first-order valence-electron chi connectivity index (χ1n) is 11.0. The number of aliphatic hydroxyl groups excluding tert-OH is 1. The lowest BCUT2D eigenvalue weighted by atomic mass is 9.85. The van der Waals surface area contributed by atoms with Gasteiger partial charge in [0.1, 0.15) is 19.0 Å². The molecule has 1 saturated heterocycles. The Balaban J connectivity index is 1.66. The fraction of sp³-hybridized carbons (Fsp3) is 0.269. The number of aliphatic hydroxyl groups is 1. The molecule has 174 valence electrons.